The highest BCUT2D eigenvalue weighted by atomic mass is 35.5. The largest absolute Gasteiger partial charge is 0.399 e. The Morgan fingerprint density at radius 2 is 1.63 bits per heavy atom. The molecule has 0 aliphatic carbocycles. The van der Waals surface area contributed by atoms with Crippen LogP contribution in [0, 0.1) is 5.92 Å². The van der Waals surface area contributed by atoms with E-state index in [0.29, 0.717) is 21.7 Å². The quantitative estimate of drug-likeness (QED) is 0.869. The van der Waals surface area contributed by atoms with Gasteiger partial charge in [0.05, 0.1) is 15.7 Å². The van der Waals surface area contributed by atoms with E-state index in [9.17, 15) is 0 Å². The fourth-order valence-electron chi connectivity index (χ4n) is 2.56. The van der Waals surface area contributed by atoms with Gasteiger partial charge in [0, 0.05) is 38.4 Å². The van der Waals surface area contributed by atoms with Crippen molar-refractivity contribution in [2.75, 3.05) is 43.4 Å². The van der Waals surface area contributed by atoms with Crippen LogP contribution in [0.25, 0.3) is 0 Å². The van der Waals surface area contributed by atoms with Crippen molar-refractivity contribution in [2.24, 2.45) is 5.92 Å². The first-order chi connectivity index (χ1) is 8.97. The van der Waals surface area contributed by atoms with Crippen LogP contribution >= 0.6 is 23.2 Å². The van der Waals surface area contributed by atoms with Crippen LogP contribution in [0.2, 0.25) is 10.0 Å². The van der Waals surface area contributed by atoms with E-state index in [0.717, 1.165) is 38.4 Å². The van der Waals surface area contributed by atoms with E-state index in [1.807, 2.05) is 0 Å². The lowest BCUT2D eigenvalue weighted by Crippen LogP contribution is -2.47. The first-order valence-corrected chi connectivity index (χ1v) is 7.44. The van der Waals surface area contributed by atoms with Gasteiger partial charge in [0.25, 0.3) is 0 Å². The smallest absolute Gasteiger partial charge is 0.0747 e. The van der Waals surface area contributed by atoms with Crippen molar-refractivity contribution < 1.29 is 0 Å². The fourth-order valence-corrected chi connectivity index (χ4v) is 3.30. The van der Waals surface area contributed by atoms with E-state index < -0.39 is 0 Å². The normalized spacial score (nSPS) is 17.2. The molecule has 1 saturated heterocycles. The van der Waals surface area contributed by atoms with Gasteiger partial charge in [0.2, 0.25) is 0 Å². The molecule has 0 aromatic heterocycles. The lowest BCUT2D eigenvalue weighted by molar-refractivity contribution is 0.231. The van der Waals surface area contributed by atoms with Gasteiger partial charge in [-0.1, -0.05) is 37.0 Å². The van der Waals surface area contributed by atoms with E-state index in [4.69, 9.17) is 28.9 Å². The number of rotatable bonds is 3. The molecule has 0 unspecified atom stereocenters. The molecule has 1 fully saturated rings. The van der Waals surface area contributed by atoms with Crippen molar-refractivity contribution >= 4 is 34.6 Å². The molecule has 3 nitrogen and oxygen atoms in total. The maximum absolute atomic E-state index is 6.27. The summed E-state index contributed by atoms with van der Waals surface area (Å²) in [5.74, 6) is 0.704. The number of benzene rings is 1. The van der Waals surface area contributed by atoms with Crippen LogP contribution < -0.4 is 10.6 Å². The molecule has 1 heterocycles. The molecule has 106 valence electrons. The zero-order chi connectivity index (χ0) is 14.0. The number of hydrogen-bond donors (Lipinski definition) is 1. The molecule has 0 bridgehead atoms. The highest BCUT2D eigenvalue weighted by Crippen LogP contribution is 2.36. The first-order valence-electron chi connectivity index (χ1n) is 6.69. The molecular formula is C14H21Cl2N3. The van der Waals surface area contributed by atoms with Gasteiger partial charge in [-0.25, -0.2) is 0 Å². The zero-order valence-corrected chi connectivity index (χ0v) is 13.0. The molecule has 0 atom stereocenters. The monoisotopic (exact) mass is 301 g/mol. The summed E-state index contributed by atoms with van der Waals surface area (Å²) in [7, 11) is 0. The summed E-state index contributed by atoms with van der Waals surface area (Å²) in [6, 6.07) is 3.53. The maximum Gasteiger partial charge on any atom is 0.0747 e. The van der Waals surface area contributed by atoms with Gasteiger partial charge < -0.3 is 10.6 Å². The third-order valence-corrected chi connectivity index (χ3v) is 3.93. The maximum atomic E-state index is 6.27. The van der Waals surface area contributed by atoms with Gasteiger partial charge in [-0.15, -0.1) is 0 Å². The average Bonchev–Trinajstić information content (AvgIpc) is 2.29. The van der Waals surface area contributed by atoms with Crippen LogP contribution in [0.4, 0.5) is 11.4 Å². The summed E-state index contributed by atoms with van der Waals surface area (Å²) in [5, 5.41) is 1.28. The summed E-state index contributed by atoms with van der Waals surface area (Å²) < 4.78 is 0. The number of nitrogens with two attached hydrogens (primary N) is 1. The van der Waals surface area contributed by atoms with E-state index >= 15 is 0 Å². The number of piperazine rings is 1. The van der Waals surface area contributed by atoms with Crippen molar-refractivity contribution in [1.82, 2.24) is 4.90 Å². The Morgan fingerprint density at radius 1 is 1.11 bits per heavy atom. The van der Waals surface area contributed by atoms with Crippen molar-refractivity contribution in [2.45, 2.75) is 13.8 Å². The number of anilines is 2. The molecule has 1 aromatic rings. The highest BCUT2D eigenvalue weighted by molar-refractivity contribution is 6.39. The van der Waals surface area contributed by atoms with Gasteiger partial charge in [-0.05, 0) is 18.1 Å². The van der Waals surface area contributed by atoms with E-state index in [1.165, 1.54) is 0 Å². The van der Waals surface area contributed by atoms with E-state index in [2.05, 4.69) is 23.6 Å². The SMILES string of the molecule is CC(C)CN1CCN(c2c(Cl)cc(N)cc2Cl)CC1. The summed E-state index contributed by atoms with van der Waals surface area (Å²) in [6.07, 6.45) is 0. The highest BCUT2D eigenvalue weighted by Gasteiger charge is 2.21. The summed E-state index contributed by atoms with van der Waals surface area (Å²) in [5.41, 5.74) is 7.27. The third-order valence-electron chi connectivity index (χ3n) is 3.35. The van der Waals surface area contributed by atoms with Crippen LogP contribution in [0.15, 0.2) is 12.1 Å². The molecule has 2 N–H and O–H groups in total. The van der Waals surface area contributed by atoms with Crippen LogP contribution in [-0.2, 0) is 0 Å². The standard InChI is InChI=1S/C14H21Cl2N3/c1-10(2)9-18-3-5-19(6-4-18)14-12(15)7-11(17)8-13(14)16/h7-8,10H,3-6,9,17H2,1-2H3. The van der Waals surface area contributed by atoms with Crippen molar-refractivity contribution in [3.8, 4) is 0 Å². The van der Waals surface area contributed by atoms with Gasteiger partial charge in [-0.2, -0.15) is 0 Å². The first kappa shape index (κ1) is 14.8. The Morgan fingerprint density at radius 3 is 2.11 bits per heavy atom. The summed E-state index contributed by atoms with van der Waals surface area (Å²) >= 11 is 12.5. The van der Waals surface area contributed by atoms with Crippen molar-refractivity contribution in [3.05, 3.63) is 22.2 Å². The minimum Gasteiger partial charge on any atom is -0.399 e. The fraction of sp³-hybridized carbons (Fsp3) is 0.571. The minimum absolute atomic E-state index is 0.609. The van der Waals surface area contributed by atoms with Crippen LogP contribution in [0.3, 0.4) is 0 Å². The van der Waals surface area contributed by atoms with Crippen molar-refractivity contribution in [3.63, 3.8) is 0 Å². The number of hydrogen-bond acceptors (Lipinski definition) is 3. The van der Waals surface area contributed by atoms with E-state index in [-0.39, 0.29) is 0 Å². The molecule has 0 radical (unpaired) electrons. The summed E-state index contributed by atoms with van der Waals surface area (Å²) in [6.45, 7) is 9.66. The molecule has 1 aliphatic heterocycles. The second kappa shape index (κ2) is 6.21. The molecule has 1 aromatic carbocycles. The van der Waals surface area contributed by atoms with Crippen LogP contribution in [-0.4, -0.2) is 37.6 Å². The van der Waals surface area contributed by atoms with Gasteiger partial charge >= 0.3 is 0 Å². The molecule has 0 amide bonds. The third kappa shape index (κ3) is 3.68. The molecule has 0 saturated carbocycles. The Labute approximate surface area is 125 Å². The second-order valence-corrected chi connectivity index (χ2v) is 6.33. The Hall–Kier alpha value is -0.640. The van der Waals surface area contributed by atoms with E-state index in [1.54, 1.807) is 12.1 Å². The Bertz CT molecular complexity index is 417. The molecule has 1 aliphatic rings. The number of halogens is 2. The lowest BCUT2D eigenvalue weighted by Gasteiger charge is -2.37. The molecule has 19 heavy (non-hydrogen) atoms. The van der Waals surface area contributed by atoms with Crippen LogP contribution in [0.1, 0.15) is 13.8 Å². The topological polar surface area (TPSA) is 32.5 Å². The predicted molar refractivity (Wildman–Crippen MR) is 84.4 cm³/mol. The minimum atomic E-state index is 0.609. The van der Waals surface area contributed by atoms with Gasteiger partial charge in [-0.3, -0.25) is 4.90 Å². The zero-order valence-electron chi connectivity index (χ0n) is 11.5. The number of nitrogens with zero attached hydrogens (tertiary/aromatic N) is 2. The van der Waals surface area contributed by atoms with Crippen LogP contribution in [0.5, 0.6) is 0 Å². The van der Waals surface area contributed by atoms with Crippen molar-refractivity contribution in [1.29, 1.82) is 0 Å². The number of nitrogen functional groups attached to an aromatic ring is 1. The molecule has 5 heteroatoms. The van der Waals surface area contributed by atoms with Gasteiger partial charge in [0.15, 0.2) is 0 Å². The molecule has 2 rings (SSSR count). The average molecular weight is 302 g/mol. The molecular weight excluding hydrogens is 281 g/mol. The predicted octanol–water partition coefficient (Wildman–Crippen LogP) is 3.35. The second-order valence-electron chi connectivity index (χ2n) is 5.51. The Balaban J connectivity index is 2.06. The summed E-state index contributed by atoms with van der Waals surface area (Å²) in [4.78, 5) is 4.74. The Kier molecular flexibility index (Phi) is 4.82. The lowest BCUT2D eigenvalue weighted by atomic mass is 10.1. The van der Waals surface area contributed by atoms with Gasteiger partial charge in [0.1, 0.15) is 0 Å². The molecule has 0 spiro atoms.